The lowest BCUT2D eigenvalue weighted by molar-refractivity contribution is 0.0520. The van der Waals surface area contributed by atoms with Crippen molar-refractivity contribution in [1.29, 1.82) is 0 Å². The molecule has 0 saturated carbocycles. The Morgan fingerprint density at radius 3 is 2.81 bits per heavy atom. The molecule has 0 amide bonds. The number of hydrogen-bond acceptors (Lipinski definition) is 3. The van der Waals surface area contributed by atoms with Gasteiger partial charge in [-0.2, -0.15) is 0 Å². The van der Waals surface area contributed by atoms with Crippen LogP contribution in [0.2, 0.25) is 0 Å². The molecular formula is C13H27NO2. The summed E-state index contributed by atoms with van der Waals surface area (Å²) < 4.78 is 11.3. The van der Waals surface area contributed by atoms with Crippen molar-refractivity contribution in [3.63, 3.8) is 0 Å². The molecule has 0 aromatic rings. The summed E-state index contributed by atoms with van der Waals surface area (Å²) >= 11 is 0. The van der Waals surface area contributed by atoms with Gasteiger partial charge in [-0.05, 0) is 46.1 Å². The van der Waals surface area contributed by atoms with Crippen molar-refractivity contribution in [2.75, 3.05) is 19.8 Å². The van der Waals surface area contributed by atoms with E-state index in [-0.39, 0.29) is 0 Å². The quantitative estimate of drug-likeness (QED) is 0.693. The minimum absolute atomic E-state index is 0.323. The normalized spacial score (nSPS) is 22.9. The van der Waals surface area contributed by atoms with E-state index in [2.05, 4.69) is 26.1 Å². The summed E-state index contributed by atoms with van der Waals surface area (Å²) in [6.45, 7) is 9.11. The lowest BCUT2D eigenvalue weighted by Gasteiger charge is -2.20. The largest absolute Gasteiger partial charge is 0.378 e. The molecule has 2 atom stereocenters. The van der Waals surface area contributed by atoms with Crippen LogP contribution in [0.25, 0.3) is 0 Å². The highest BCUT2D eigenvalue weighted by molar-refractivity contribution is 4.71. The Balaban J connectivity index is 2.15. The van der Waals surface area contributed by atoms with Crippen molar-refractivity contribution in [3.05, 3.63) is 0 Å². The van der Waals surface area contributed by atoms with E-state index in [4.69, 9.17) is 9.47 Å². The highest BCUT2D eigenvalue weighted by atomic mass is 16.5. The van der Waals surface area contributed by atoms with Crippen molar-refractivity contribution in [2.24, 2.45) is 0 Å². The lowest BCUT2D eigenvalue weighted by atomic mass is 10.1. The van der Waals surface area contributed by atoms with Crippen LogP contribution in [-0.4, -0.2) is 38.0 Å². The van der Waals surface area contributed by atoms with Crippen molar-refractivity contribution in [2.45, 2.75) is 64.7 Å². The van der Waals surface area contributed by atoms with Crippen LogP contribution in [0.15, 0.2) is 0 Å². The second-order valence-corrected chi connectivity index (χ2v) is 4.85. The fourth-order valence-corrected chi connectivity index (χ4v) is 2.10. The zero-order valence-electron chi connectivity index (χ0n) is 11.0. The standard InChI is InChI=1S/C13H27NO2/c1-4-14-12(10-16-11(2)3)7-8-13-6-5-9-15-13/h11-14H,4-10H2,1-3H3. The fourth-order valence-electron chi connectivity index (χ4n) is 2.10. The van der Waals surface area contributed by atoms with Crippen LogP contribution in [0.3, 0.4) is 0 Å². The molecule has 0 bridgehead atoms. The zero-order valence-corrected chi connectivity index (χ0v) is 11.0. The van der Waals surface area contributed by atoms with E-state index in [1.807, 2.05) is 0 Å². The highest BCUT2D eigenvalue weighted by Gasteiger charge is 2.17. The molecular weight excluding hydrogens is 202 g/mol. The minimum Gasteiger partial charge on any atom is -0.378 e. The average Bonchev–Trinajstić information content (AvgIpc) is 2.75. The first-order chi connectivity index (χ1) is 7.72. The monoisotopic (exact) mass is 229 g/mol. The van der Waals surface area contributed by atoms with Crippen molar-refractivity contribution in [3.8, 4) is 0 Å². The van der Waals surface area contributed by atoms with E-state index in [0.717, 1.165) is 26.2 Å². The molecule has 1 aliphatic rings. The Kier molecular flexibility index (Phi) is 7.01. The molecule has 0 aliphatic carbocycles. The molecule has 0 aromatic heterocycles. The van der Waals surface area contributed by atoms with Crippen LogP contribution in [-0.2, 0) is 9.47 Å². The number of rotatable bonds is 8. The second-order valence-electron chi connectivity index (χ2n) is 4.85. The number of ether oxygens (including phenoxy) is 2. The van der Waals surface area contributed by atoms with E-state index in [1.54, 1.807) is 0 Å². The number of nitrogens with one attached hydrogen (secondary N) is 1. The van der Waals surface area contributed by atoms with Crippen LogP contribution in [0, 0.1) is 0 Å². The third-order valence-electron chi connectivity index (χ3n) is 2.98. The van der Waals surface area contributed by atoms with Gasteiger partial charge in [0.1, 0.15) is 0 Å². The molecule has 0 aromatic carbocycles. The molecule has 3 heteroatoms. The first-order valence-electron chi connectivity index (χ1n) is 6.69. The Labute approximate surface area is 99.9 Å². The van der Waals surface area contributed by atoms with Gasteiger partial charge in [-0.1, -0.05) is 6.92 Å². The predicted octanol–water partition coefficient (Wildman–Crippen LogP) is 2.35. The van der Waals surface area contributed by atoms with Gasteiger partial charge in [-0.3, -0.25) is 0 Å². The van der Waals surface area contributed by atoms with E-state index >= 15 is 0 Å². The Morgan fingerprint density at radius 1 is 1.44 bits per heavy atom. The summed E-state index contributed by atoms with van der Waals surface area (Å²) in [7, 11) is 0. The van der Waals surface area contributed by atoms with Crippen molar-refractivity contribution >= 4 is 0 Å². The summed E-state index contributed by atoms with van der Waals surface area (Å²) in [5, 5.41) is 3.48. The predicted molar refractivity (Wildman–Crippen MR) is 66.8 cm³/mol. The van der Waals surface area contributed by atoms with Crippen LogP contribution in [0.5, 0.6) is 0 Å². The van der Waals surface area contributed by atoms with Crippen molar-refractivity contribution < 1.29 is 9.47 Å². The summed E-state index contributed by atoms with van der Waals surface area (Å²) in [5.74, 6) is 0. The van der Waals surface area contributed by atoms with Gasteiger partial charge in [0.15, 0.2) is 0 Å². The van der Waals surface area contributed by atoms with Crippen LogP contribution >= 0.6 is 0 Å². The smallest absolute Gasteiger partial charge is 0.0623 e. The topological polar surface area (TPSA) is 30.5 Å². The molecule has 16 heavy (non-hydrogen) atoms. The first kappa shape index (κ1) is 13.9. The highest BCUT2D eigenvalue weighted by Crippen LogP contribution is 2.17. The average molecular weight is 229 g/mol. The molecule has 0 spiro atoms. The third kappa shape index (κ3) is 5.83. The molecule has 1 aliphatic heterocycles. The molecule has 3 nitrogen and oxygen atoms in total. The Morgan fingerprint density at radius 2 is 2.25 bits per heavy atom. The van der Waals surface area contributed by atoms with Crippen LogP contribution in [0.1, 0.15) is 46.5 Å². The van der Waals surface area contributed by atoms with Gasteiger partial charge in [-0.15, -0.1) is 0 Å². The van der Waals surface area contributed by atoms with E-state index in [1.165, 1.54) is 19.3 Å². The zero-order chi connectivity index (χ0) is 11.8. The number of hydrogen-bond donors (Lipinski definition) is 1. The maximum absolute atomic E-state index is 5.67. The molecule has 0 radical (unpaired) electrons. The minimum atomic E-state index is 0.323. The van der Waals surface area contributed by atoms with E-state index in [9.17, 15) is 0 Å². The third-order valence-corrected chi connectivity index (χ3v) is 2.98. The van der Waals surface area contributed by atoms with Gasteiger partial charge in [0.05, 0.1) is 18.8 Å². The SMILES string of the molecule is CCNC(CCC1CCCO1)COC(C)C. The fraction of sp³-hybridized carbons (Fsp3) is 1.00. The van der Waals surface area contributed by atoms with Gasteiger partial charge in [0.2, 0.25) is 0 Å². The summed E-state index contributed by atoms with van der Waals surface area (Å²) in [5.41, 5.74) is 0. The summed E-state index contributed by atoms with van der Waals surface area (Å²) in [4.78, 5) is 0. The van der Waals surface area contributed by atoms with Gasteiger partial charge in [0.25, 0.3) is 0 Å². The first-order valence-corrected chi connectivity index (χ1v) is 6.69. The molecule has 96 valence electrons. The van der Waals surface area contributed by atoms with E-state index < -0.39 is 0 Å². The maximum Gasteiger partial charge on any atom is 0.0623 e. The summed E-state index contributed by atoms with van der Waals surface area (Å²) in [6.07, 6.45) is 5.62. The molecule has 1 rings (SSSR count). The Bertz CT molecular complexity index is 167. The van der Waals surface area contributed by atoms with Crippen LogP contribution < -0.4 is 5.32 Å². The summed E-state index contributed by atoms with van der Waals surface area (Å²) in [6, 6.07) is 0.483. The molecule has 1 heterocycles. The molecule has 1 saturated heterocycles. The molecule has 1 fully saturated rings. The molecule has 2 unspecified atom stereocenters. The second kappa shape index (κ2) is 8.04. The van der Waals surface area contributed by atoms with Crippen molar-refractivity contribution in [1.82, 2.24) is 5.32 Å². The van der Waals surface area contributed by atoms with Gasteiger partial charge >= 0.3 is 0 Å². The molecule has 1 N–H and O–H groups in total. The van der Waals surface area contributed by atoms with Gasteiger partial charge in [0, 0.05) is 12.6 Å². The Hall–Kier alpha value is -0.120. The lowest BCUT2D eigenvalue weighted by Crippen LogP contribution is -2.35. The van der Waals surface area contributed by atoms with Crippen LogP contribution in [0.4, 0.5) is 0 Å². The van der Waals surface area contributed by atoms with Gasteiger partial charge in [-0.25, -0.2) is 0 Å². The maximum atomic E-state index is 5.67. The van der Waals surface area contributed by atoms with Gasteiger partial charge < -0.3 is 14.8 Å². The number of likely N-dealkylation sites (N-methyl/N-ethyl adjacent to an activating group) is 1. The van der Waals surface area contributed by atoms with E-state index in [0.29, 0.717) is 18.2 Å².